The second kappa shape index (κ2) is 6.68. The van der Waals surface area contributed by atoms with Crippen molar-refractivity contribution in [2.75, 3.05) is 13.6 Å². The number of carbonyl (C=O) groups excluding carboxylic acids is 1. The third-order valence-corrected chi connectivity index (χ3v) is 7.63. The first-order valence-electron chi connectivity index (χ1n) is 10.3. The van der Waals surface area contributed by atoms with Crippen molar-refractivity contribution in [1.29, 1.82) is 0 Å². The van der Waals surface area contributed by atoms with E-state index in [2.05, 4.69) is 4.90 Å². The molecule has 2 heterocycles. The Hall–Kier alpha value is -2.64. The van der Waals surface area contributed by atoms with Crippen LogP contribution in [0.1, 0.15) is 46.1 Å². The Kier molecular flexibility index (Phi) is 4.60. The first kappa shape index (κ1) is 20.6. The van der Waals surface area contributed by atoms with Gasteiger partial charge in [0.1, 0.15) is 11.3 Å². The van der Waals surface area contributed by atoms with Gasteiger partial charge in [0.15, 0.2) is 0 Å². The van der Waals surface area contributed by atoms with Crippen LogP contribution >= 0.6 is 0 Å². The van der Waals surface area contributed by atoms with Gasteiger partial charge in [-0.2, -0.15) is 0 Å². The van der Waals surface area contributed by atoms with Gasteiger partial charge in [0, 0.05) is 37.0 Å². The lowest BCUT2D eigenvalue weighted by molar-refractivity contribution is -0.133. The Bertz CT molecular complexity index is 1110. The number of aromatic hydroxyl groups is 1. The van der Waals surface area contributed by atoms with E-state index in [0.717, 1.165) is 28.9 Å². The van der Waals surface area contributed by atoms with Crippen LogP contribution in [-0.2, 0) is 25.3 Å². The normalized spacial score (nSPS) is 28.6. The summed E-state index contributed by atoms with van der Waals surface area (Å²) in [6.07, 6.45) is 1.41. The predicted molar refractivity (Wildman–Crippen MR) is 114 cm³/mol. The second-order valence-corrected chi connectivity index (χ2v) is 9.02. The first-order chi connectivity index (χ1) is 14.0. The Balaban J connectivity index is 2.03. The molecule has 1 aliphatic carbocycles. The highest BCUT2D eigenvalue weighted by Crippen LogP contribution is 2.53. The highest BCUT2D eigenvalue weighted by atomic mass is 16.3. The van der Waals surface area contributed by atoms with E-state index in [4.69, 9.17) is 5.73 Å². The van der Waals surface area contributed by atoms with Crippen molar-refractivity contribution in [2.24, 2.45) is 12.8 Å². The van der Waals surface area contributed by atoms with Crippen LogP contribution in [0.5, 0.6) is 5.75 Å². The summed E-state index contributed by atoms with van der Waals surface area (Å²) in [5.74, 6) is -0.609. The number of fused-ring (bicyclic) bond motifs is 2. The Morgan fingerprint density at radius 3 is 2.60 bits per heavy atom. The molecule has 2 aromatic rings. The average molecular weight is 412 g/mol. The van der Waals surface area contributed by atoms with Crippen molar-refractivity contribution in [3.8, 4) is 5.75 Å². The molecule has 7 heteroatoms. The molecule has 3 unspecified atom stereocenters. The van der Waals surface area contributed by atoms with Crippen molar-refractivity contribution in [1.82, 2.24) is 9.47 Å². The Morgan fingerprint density at radius 2 is 1.93 bits per heavy atom. The molecule has 160 valence electrons. The van der Waals surface area contributed by atoms with Crippen molar-refractivity contribution in [3.63, 3.8) is 0 Å². The average Bonchev–Trinajstić information content (AvgIpc) is 2.69. The van der Waals surface area contributed by atoms with Crippen molar-refractivity contribution < 1.29 is 15.0 Å². The van der Waals surface area contributed by atoms with Gasteiger partial charge in [-0.1, -0.05) is 6.07 Å². The smallest absolute Gasteiger partial charge is 0.263 e. The number of benzene rings is 1. The molecule has 0 radical (unpaired) electrons. The minimum atomic E-state index is -1.15. The van der Waals surface area contributed by atoms with Crippen LogP contribution in [-0.4, -0.2) is 50.8 Å². The number of nitrogens with two attached hydrogens (primary N) is 1. The molecular formula is C23H29N3O4. The van der Waals surface area contributed by atoms with E-state index in [-0.39, 0.29) is 23.8 Å². The number of nitrogens with zero attached hydrogens (tertiary/aromatic N) is 2. The van der Waals surface area contributed by atoms with Crippen LogP contribution < -0.4 is 11.3 Å². The largest absolute Gasteiger partial charge is 0.508 e. The van der Waals surface area contributed by atoms with Crippen LogP contribution in [0.15, 0.2) is 29.1 Å². The van der Waals surface area contributed by atoms with Gasteiger partial charge in [-0.05, 0) is 68.8 Å². The van der Waals surface area contributed by atoms with Gasteiger partial charge < -0.3 is 25.4 Å². The molecule has 2 aliphatic rings. The van der Waals surface area contributed by atoms with Gasteiger partial charge in [-0.3, -0.25) is 9.59 Å². The van der Waals surface area contributed by atoms with Crippen LogP contribution in [0.4, 0.5) is 0 Å². The number of hydrogen-bond acceptors (Lipinski definition) is 5. The minimum Gasteiger partial charge on any atom is -0.508 e. The van der Waals surface area contributed by atoms with Crippen LogP contribution in [0.25, 0.3) is 0 Å². The zero-order valence-electron chi connectivity index (χ0n) is 17.9. The van der Waals surface area contributed by atoms with Gasteiger partial charge in [0.25, 0.3) is 11.5 Å². The number of aliphatic hydroxyl groups is 1. The van der Waals surface area contributed by atoms with Gasteiger partial charge in [-0.15, -0.1) is 0 Å². The standard InChI is InChI=1S/C23H29N3O4/c1-13-5-6-16(27)10-18(13)22-7-8-25(3)14(2)23(22,30)11-15-9-17(20(24)28)21(29)26(4)19(15)12-22/h5-6,9-10,14,27,30H,7-8,11-12H2,1-4H3,(H2,24,28). The fourth-order valence-electron chi connectivity index (χ4n) is 5.66. The van der Waals surface area contributed by atoms with E-state index in [9.17, 15) is 19.8 Å². The van der Waals surface area contributed by atoms with E-state index in [1.165, 1.54) is 4.57 Å². The number of piperidine rings is 1. The molecule has 1 aliphatic heterocycles. The van der Waals surface area contributed by atoms with Gasteiger partial charge >= 0.3 is 0 Å². The zero-order chi connectivity index (χ0) is 22.0. The van der Waals surface area contributed by atoms with Gasteiger partial charge in [0.05, 0.1) is 5.60 Å². The summed E-state index contributed by atoms with van der Waals surface area (Å²) < 4.78 is 1.50. The zero-order valence-corrected chi connectivity index (χ0v) is 17.9. The number of pyridine rings is 1. The highest BCUT2D eigenvalue weighted by Gasteiger charge is 2.60. The molecule has 4 N–H and O–H groups in total. The molecule has 1 fully saturated rings. The van der Waals surface area contributed by atoms with E-state index in [0.29, 0.717) is 12.8 Å². The Labute approximate surface area is 175 Å². The van der Waals surface area contributed by atoms with Gasteiger partial charge in [-0.25, -0.2) is 0 Å². The number of rotatable bonds is 2. The molecule has 0 bridgehead atoms. The predicted octanol–water partition coefficient (Wildman–Crippen LogP) is 0.990. The lowest BCUT2D eigenvalue weighted by Gasteiger charge is -2.60. The van der Waals surface area contributed by atoms with E-state index < -0.39 is 22.5 Å². The quantitative estimate of drug-likeness (QED) is 0.683. The molecule has 30 heavy (non-hydrogen) atoms. The summed E-state index contributed by atoms with van der Waals surface area (Å²) in [5.41, 5.74) is 6.59. The molecule has 1 saturated heterocycles. The molecule has 0 spiro atoms. The fraction of sp³-hybridized carbons (Fsp3) is 0.478. The van der Waals surface area contributed by atoms with Crippen molar-refractivity contribution in [2.45, 2.75) is 50.2 Å². The number of likely N-dealkylation sites (N-methyl/N-ethyl adjacent to an activating group) is 1. The molecular weight excluding hydrogens is 382 g/mol. The number of amides is 1. The number of carbonyl (C=O) groups is 1. The van der Waals surface area contributed by atoms with E-state index in [1.54, 1.807) is 25.2 Å². The minimum absolute atomic E-state index is 0.0577. The van der Waals surface area contributed by atoms with Crippen LogP contribution in [0.2, 0.25) is 0 Å². The number of aryl methyl sites for hydroxylation is 1. The topological polar surface area (TPSA) is 109 Å². The monoisotopic (exact) mass is 411 g/mol. The van der Waals surface area contributed by atoms with Crippen LogP contribution in [0.3, 0.4) is 0 Å². The summed E-state index contributed by atoms with van der Waals surface area (Å²) in [7, 11) is 3.65. The molecule has 1 amide bonds. The number of phenolic OH excluding ortho intramolecular Hbond substituents is 1. The summed E-state index contributed by atoms with van der Waals surface area (Å²) >= 11 is 0. The SMILES string of the molecule is Cc1ccc(O)cc1C12CCN(C)C(C)C1(O)Cc1cc(C(N)=O)c(=O)n(C)c1C2. The summed E-state index contributed by atoms with van der Waals surface area (Å²) in [6, 6.07) is 6.65. The maximum absolute atomic E-state index is 12.8. The fourth-order valence-corrected chi connectivity index (χ4v) is 5.66. The van der Waals surface area contributed by atoms with E-state index >= 15 is 0 Å². The molecule has 1 aromatic heterocycles. The van der Waals surface area contributed by atoms with Gasteiger partial charge in [0.2, 0.25) is 0 Å². The maximum Gasteiger partial charge on any atom is 0.263 e. The second-order valence-electron chi connectivity index (χ2n) is 9.02. The lowest BCUT2D eigenvalue weighted by Crippen LogP contribution is -2.70. The maximum atomic E-state index is 12.8. The third kappa shape index (κ3) is 2.65. The third-order valence-electron chi connectivity index (χ3n) is 7.63. The van der Waals surface area contributed by atoms with E-state index in [1.807, 2.05) is 27.0 Å². The lowest BCUT2D eigenvalue weighted by atomic mass is 9.53. The molecule has 0 saturated carbocycles. The number of hydrogen-bond donors (Lipinski definition) is 3. The van der Waals surface area contributed by atoms with Crippen LogP contribution in [0, 0.1) is 6.92 Å². The molecule has 7 nitrogen and oxygen atoms in total. The molecule has 4 rings (SSSR count). The number of phenols is 1. The summed E-state index contributed by atoms with van der Waals surface area (Å²) in [5, 5.41) is 22.5. The van der Waals surface area contributed by atoms with Crippen molar-refractivity contribution >= 4 is 5.91 Å². The highest BCUT2D eigenvalue weighted by molar-refractivity contribution is 5.92. The number of likely N-dealkylation sites (tertiary alicyclic amines) is 1. The molecule has 3 atom stereocenters. The Morgan fingerprint density at radius 1 is 1.23 bits per heavy atom. The number of primary amides is 1. The number of aromatic nitrogens is 1. The molecule has 1 aromatic carbocycles. The summed E-state index contributed by atoms with van der Waals surface area (Å²) in [6.45, 7) is 4.77. The van der Waals surface area contributed by atoms with Crippen molar-refractivity contribution in [3.05, 3.63) is 62.6 Å². The first-order valence-corrected chi connectivity index (χ1v) is 10.3. The summed E-state index contributed by atoms with van der Waals surface area (Å²) in [4.78, 5) is 26.7.